The summed E-state index contributed by atoms with van der Waals surface area (Å²) < 4.78 is 1.59. The lowest BCUT2D eigenvalue weighted by Gasteiger charge is -2.01. The van der Waals surface area contributed by atoms with Crippen LogP contribution in [0.5, 0.6) is 0 Å². The van der Waals surface area contributed by atoms with E-state index in [1.54, 1.807) is 22.9 Å². The maximum atomic E-state index is 11.1. The average molecular weight is 292 g/mol. The van der Waals surface area contributed by atoms with E-state index in [0.717, 1.165) is 12.0 Å². The van der Waals surface area contributed by atoms with Gasteiger partial charge in [-0.15, -0.1) is 5.10 Å². The lowest BCUT2D eigenvalue weighted by molar-refractivity contribution is 0.0690. The van der Waals surface area contributed by atoms with Crippen molar-refractivity contribution in [3.63, 3.8) is 0 Å². The zero-order valence-corrected chi connectivity index (χ0v) is 11.7. The van der Waals surface area contributed by atoms with Crippen molar-refractivity contribution in [2.75, 3.05) is 0 Å². The van der Waals surface area contributed by atoms with Gasteiger partial charge in [0.1, 0.15) is 0 Å². The summed E-state index contributed by atoms with van der Waals surface area (Å²) in [4.78, 5) is 11.1. The quantitative estimate of drug-likeness (QED) is 0.918. The molecule has 0 radical (unpaired) electrons. The molecule has 0 saturated heterocycles. The van der Waals surface area contributed by atoms with E-state index in [1.807, 2.05) is 25.1 Å². The van der Waals surface area contributed by atoms with Crippen molar-refractivity contribution >= 4 is 29.7 Å². The second kappa shape index (κ2) is 6.34. The molecule has 0 atom stereocenters. The van der Waals surface area contributed by atoms with E-state index in [4.69, 9.17) is 16.7 Å². The zero-order chi connectivity index (χ0) is 14.5. The summed E-state index contributed by atoms with van der Waals surface area (Å²) in [5, 5.41) is 17.3. The second-order valence-electron chi connectivity index (χ2n) is 4.24. The van der Waals surface area contributed by atoms with E-state index in [9.17, 15) is 4.79 Å². The van der Waals surface area contributed by atoms with E-state index in [2.05, 4.69) is 10.3 Å². The standard InChI is InChI=1S/C14H14ClN3O2/c1-2-9-18-12(13(14(19)20)16-17-18)8-5-10-3-6-11(15)7-4-10/h3-8H,2,9H2,1H3,(H,19,20)/b8-5+. The molecule has 0 fully saturated rings. The van der Waals surface area contributed by atoms with Gasteiger partial charge in [-0.1, -0.05) is 41.9 Å². The highest BCUT2D eigenvalue weighted by atomic mass is 35.5. The van der Waals surface area contributed by atoms with Crippen LogP contribution in [-0.4, -0.2) is 26.1 Å². The van der Waals surface area contributed by atoms with Crippen molar-refractivity contribution in [1.29, 1.82) is 0 Å². The number of carboxylic acids is 1. The average Bonchev–Trinajstić information content (AvgIpc) is 2.82. The first-order valence-electron chi connectivity index (χ1n) is 6.22. The molecular weight excluding hydrogens is 278 g/mol. The molecule has 1 aromatic carbocycles. The molecule has 0 bridgehead atoms. The predicted octanol–water partition coefficient (Wildman–Crippen LogP) is 3.21. The zero-order valence-electron chi connectivity index (χ0n) is 11.0. The molecular formula is C14H14ClN3O2. The largest absolute Gasteiger partial charge is 0.476 e. The Kier molecular flexibility index (Phi) is 4.53. The number of hydrogen-bond donors (Lipinski definition) is 1. The van der Waals surface area contributed by atoms with Crippen LogP contribution < -0.4 is 0 Å². The van der Waals surface area contributed by atoms with Crippen LogP contribution >= 0.6 is 11.6 Å². The van der Waals surface area contributed by atoms with E-state index in [1.165, 1.54) is 0 Å². The molecule has 0 unspecified atom stereocenters. The summed E-state index contributed by atoms with van der Waals surface area (Å²) in [5.74, 6) is -1.08. The van der Waals surface area contributed by atoms with Gasteiger partial charge in [-0.25, -0.2) is 9.48 Å². The van der Waals surface area contributed by atoms with E-state index >= 15 is 0 Å². The number of hydrogen-bond acceptors (Lipinski definition) is 3. The van der Waals surface area contributed by atoms with Gasteiger partial charge in [0.15, 0.2) is 5.69 Å². The van der Waals surface area contributed by atoms with Crippen molar-refractivity contribution in [3.8, 4) is 0 Å². The molecule has 0 aliphatic heterocycles. The van der Waals surface area contributed by atoms with Crippen molar-refractivity contribution in [1.82, 2.24) is 15.0 Å². The number of benzene rings is 1. The van der Waals surface area contributed by atoms with Crippen LogP contribution in [0.15, 0.2) is 24.3 Å². The first-order chi connectivity index (χ1) is 9.61. The minimum Gasteiger partial charge on any atom is -0.476 e. The highest BCUT2D eigenvalue weighted by Gasteiger charge is 2.16. The minimum atomic E-state index is -1.08. The summed E-state index contributed by atoms with van der Waals surface area (Å²) in [7, 11) is 0. The van der Waals surface area contributed by atoms with Crippen LogP contribution in [0, 0.1) is 0 Å². The third-order valence-corrected chi connectivity index (χ3v) is 2.97. The molecule has 0 spiro atoms. The Morgan fingerprint density at radius 2 is 2.05 bits per heavy atom. The van der Waals surface area contributed by atoms with Gasteiger partial charge in [-0.3, -0.25) is 0 Å². The Bertz CT molecular complexity index is 632. The number of carbonyl (C=O) groups is 1. The van der Waals surface area contributed by atoms with Gasteiger partial charge in [0, 0.05) is 11.6 Å². The lowest BCUT2D eigenvalue weighted by Crippen LogP contribution is -2.04. The van der Waals surface area contributed by atoms with E-state index < -0.39 is 5.97 Å². The third-order valence-electron chi connectivity index (χ3n) is 2.72. The summed E-state index contributed by atoms with van der Waals surface area (Å²) in [5.41, 5.74) is 1.38. The fourth-order valence-corrected chi connectivity index (χ4v) is 1.89. The van der Waals surface area contributed by atoms with Gasteiger partial charge in [0.25, 0.3) is 0 Å². The van der Waals surface area contributed by atoms with Gasteiger partial charge in [0.2, 0.25) is 0 Å². The molecule has 0 aliphatic carbocycles. The lowest BCUT2D eigenvalue weighted by atomic mass is 10.2. The van der Waals surface area contributed by atoms with Gasteiger partial charge in [0.05, 0.1) is 5.69 Å². The molecule has 5 nitrogen and oxygen atoms in total. The Morgan fingerprint density at radius 3 is 2.65 bits per heavy atom. The smallest absolute Gasteiger partial charge is 0.358 e. The summed E-state index contributed by atoms with van der Waals surface area (Å²) in [6.45, 7) is 2.62. The fourth-order valence-electron chi connectivity index (χ4n) is 1.76. The minimum absolute atomic E-state index is 0.0383. The topological polar surface area (TPSA) is 68.0 Å². The van der Waals surface area contributed by atoms with Gasteiger partial charge >= 0.3 is 5.97 Å². The van der Waals surface area contributed by atoms with Crippen molar-refractivity contribution < 1.29 is 9.90 Å². The first kappa shape index (κ1) is 14.3. The van der Waals surface area contributed by atoms with Crippen LogP contribution in [0.25, 0.3) is 12.2 Å². The maximum absolute atomic E-state index is 11.1. The molecule has 1 heterocycles. The number of aromatic carboxylic acids is 1. The molecule has 6 heteroatoms. The Hall–Kier alpha value is -2.14. The second-order valence-corrected chi connectivity index (χ2v) is 4.67. The van der Waals surface area contributed by atoms with Crippen LogP contribution in [0.3, 0.4) is 0 Å². The third kappa shape index (κ3) is 3.24. The Balaban J connectivity index is 2.33. The molecule has 1 N–H and O–H groups in total. The van der Waals surface area contributed by atoms with Gasteiger partial charge in [-0.05, 0) is 30.2 Å². The fraction of sp³-hybridized carbons (Fsp3) is 0.214. The molecule has 2 aromatic rings. The van der Waals surface area contributed by atoms with Crippen molar-refractivity contribution in [2.24, 2.45) is 0 Å². The van der Waals surface area contributed by atoms with E-state index in [-0.39, 0.29) is 5.69 Å². The van der Waals surface area contributed by atoms with Gasteiger partial charge < -0.3 is 5.11 Å². The number of carboxylic acid groups (broad SMARTS) is 1. The monoisotopic (exact) mass is 291 g/mol. The summed E-state index contributed by atoms with van der Waals surface area (Å²) >= 11 is 5.82. The van der Waals surface area contributed by atoms with Crippen LogP contribution in [0.2, 0.25) is 5.02 Å². The number of halogens is 1. The maximum Gasteiger partial charge on any atom is 0.358 e. The highest BCUT2D eigenvalue weighted by molar-refractivity contribution is 6.30. The van der Waals surface area contributed by atoms with E-state index in [0.29, 0.717) is 17.3 Å². The molecule has 104 valence electrons. The molecule has 20 heavy (non-hydrogen) atoms. The Labute approximate surface area is 121 Å². The van der Waals surface area contributed by atoms with Crippen molar-refractivity contribution in [3.05, 3.63) is 46.2 Å². The molecule has 0 amide bonds. The van der Waals surface area contributed by atoms with Gasteiger partial charge in [-0.2, -0.15) is 0 Å². The molecule has 1 aromatic heterocycles. The van der Waals surface area contributed by atoms with Crippen LogP contribution in [0.4, 0.5) is 0 Å². The van der Waals surface area contributed by atoms with Crippen LogP contribution in [0.1, 0.15) is 35.1 Å². The normalized spacial score (nSPS) is 11.1. The van der Waals surface area contributed by atoms with Crippen molar-refractivity contribution in [2.45, 2.75) is 19.9 Å². The number of aromatic nitrogens is 3. The summed E-state index contributed by atoms with van der Waals surface area (Å²) in [6, 6.07) is 7.27. The molecule has 2 rings (SSSR count). The molecule has 0 saturated carbocycles. The number of aryl methyl sites for hydroxylation is 1. The van der Waals surface area contributed by atoms with Crippen LogP contribution in [-0.2, 0) is 6.54 Å². The number of rotatable bonds is 5. The predicted molar refractivity (Wildman–Crippen MR) is 77.7 cm³/mol. The summed E-state index contributed by atoms with van der Waals surface area (Å²) in [6.07, 6.45) is 4.38. The Morgan fingerprint density at radius 1 is 1.35 bits per heavy atom. The number of nitrogens with zero attached hydrogens (tertiary/aromatic N) is 3. The highest BCUT2D eigenvalue weighted by Crippen LogP contribution is 2.14. The SMILES string of the molecule is CCCn1nnc(C(=O)O)c1/C=C/c1ccc(Cl)cc1. The molecule has 0 aliphatic rings. The first-order valence-corrected chi connectivity index (χ1v) is 6.60.